The minimum Gasteiger partial charge on any atom is -0.493 e. The Bertz CT molecular complexity index is 1130. The first-order valence-corrected chi connectivity index (χ1v) is 10.4. The fourth-order valence-electron chi connectivity index (χ4n) is 4.10. The molecule has 1 aromatic carbocycles. The van der Waals surface area contributed by atoms with E-state index in [1.54, 1.807) is 30.1 Å². The molecule has 0 amide bonds. The normalized spacial score (nSPS) is 19.6. The van der Waals surface area contributed by atoms with Gasteiger partial charge in [0.15, 0.2) is 17.6 Å². The maximum Gasteiger partial charge on any atom is 0.255 e. The summed E-state index contributed by atoms with van der Waals surface area (Å²) in [5.41, 5.74) is 1.46. The number of rotatable bonds is 4. The van der Waals surface area contributed by atoms with E-state index >= 15 is 0 Å². The molecule has 4 heterocycles. The fraction of sp³-hybridized carbons (Fsp3) is 0.348. The third-order valence-corrected chi connectivity index (χ3v) is 5.80. The van der Waals surface area contributed by atoms with Gasteiger partial charge >= 0.3 is 0 Å². The number of nitrogens with zero attached hydrogens (tertiary/aromatic N) is 4. The predicted molar refractivity (Wildman–Crippen MR) is 116 cm³/mol. The highest BCUT2D eigenvalue weighted by Crippen LogP contribution is 2.40. The lowest BCUT2D eigenvalue weighted by atomic mass is 10.1. The Morgan fingerprint density at radius 3 is 2.87 bits per heavy atom. The van der Waals surface area contributed by atoms with Crippen molar-refractivity contribution in [1.82, 2.24) is 14.5 Å². The molecule has 8 nitrogen and oxygen atoms in total. The summed E-state index contributed by atoms with van der Waals surface area (Å²) in [6, 6.07) is 11.1. The van der Waals surface area contributed by atoms with Crippen molar-refractivity contribution in [3.05, 3.63) is 59.1 Å². The number of pyridine rings is 1. The van der Waals surface area contributed by atoms with Gasteiger partial charge in [0.1, 0.15) is 6.61 Å². The molecule has 0 aliphatic carbocycles. The Hall–Kier alpha value is -3.55. The van der Waals surface area contributed by atoms with E-state index in [1.807, 2.05) is 30.3 Å². The van der Waals surface area contributed by atoms with Crippen molar-refractivity contribution >= 4 is 5.95 Å². The standard InChI is InChI=1S/C23H24N4O4/c1-15-8-11-26-21(28)12-18(16-6-9-24-10-7-16)25-23(26)27(15)13-17-14-30-20-5-3-4-19(29-2)22(20)31-17/h3-7,9-10,12,15,17H,8,11,13-14H2,1-2H3. The summed E-state index contributed by atoms with van der Waals surface area (Å²) < 4.78 is 19.3. The third kappa shape index (κ3) is 3.58. The Labute approximate surface area is 180 Å². The first-order chi connectivity index (χ1) is 15.1. The molecule has 0 bridgehead atoms. The van der Waals surface area contributed by atoms with Crippen LogP contribution in [0.3, 0.4) is 0 Å². The molecule has 2 aromatic heterocycles. The summed E-state index contributed by atoms with van der Waals surface area (Å²) in [4.78, 5) is 23.9. The van der Waals surface area contributed by atoms with Crippen LogP contribution >= 0.6 is 0 Å². The van der Waals surface area contributed by atoms with Gasteiger partial charge in [-0.25, -0.2) is 4.98 Å². The smallest absolute Gasteiger partial charge is 0.255 e. The van der Waals surface area contributed by atoms with Crippen LogP contribution in [0, 0.1) is 0 Å². The molecule has 160 valence electrons. The lowest BCUT2D eigenvalue weighted by Gasteiger charge is -2.39. The first-order valence-electron chi connectivity index (χ1n) is 10.4. The molecule has 31 heavy (non-hydrogen) atoms. The maximum absolute atomic E-state index is 12.9. The molecule has 8 heteroatoms. The van der Waals surface area contributed by atoms with Gasteiger partial charge in [-0.3, -0.25) is 14.3 Å². The molecule has 0 N–H and O–H groups in total. The molecule has 5 rings (SSSR count). The van der Waals surface area contributed by atoms with E-state index in [1.165, 1.54) is 0 Å². The Morgan fingerprint density at radius 1 is 1.23 bits per heavy atom. The summed E-state index contributed by atoms with van der Waals surface area (Å²) in [6.45, 7) is 3.75. The molecule has 2 unspecified atom stereocenters. The summed E-state index contributed by atoms with van der Waals surface area (Å²) in [5.74, 6) is 2.59. The average molecular weight is 420 g/mol. The lowest BCUT2D eigenvalue weighted by Crippen LogP contribution is -2.50. The molecular formula is C23H24N4O4. The minimum absolute atomic E-state index is 0.0541. The topological polar surface area (TPSA) is 78.7 Å². The van der Waals surface area contributed by atoms with Crippen LogP contribution in [0.5, 0.6) is 17.2 Å². The zero-order valence-electron chi connectivity index (χ0n) is 17.5. The van der Waals surface area contributed by atoms with Crippen LogP contribution in [0.1, 0.15) is 13.3 Å². The lowest BCUT2D eigenvalue weighted by molar-refractivity contribution is 0.0887. The van der Waals surface area contributed by atoms with Gasteiger partial charge in [-0.1, -0.05) is 6.07 Å². The van der Waals surface area contributed by atoms with Gasteiger partial charge in [0.25, 0.3) is 5.56 Å². The summed E-state index contributed by atoms with van der Waals surface area (Å²) >= 11 is 0. The number of para-hydroxylation sites is 1. The highest BCUT2D eigenvalue weighted by Gasteiger charge is 2.32. The molecule has 0 spiro atoms. The average Bonchev–Trinajstić information content (AvgIpc) is 2.81. The zero-order chi connectivity index (χ0) is 21.4. The van der Waals surface area contributed by atoms with Gasteiger partial charge in [0.05, 0.1) is 19.3 Å². The Kier molecular flexibility index (Phi) is 4.97. The molecule has 2 aliphatic rings. The van der Waals surface area contributed by atoms with Crippen LogP contribution in [0.15, 0.2) is 53.6 Å². The molecular weight excluding hydrogens is 396 g/mol. The highest BCUT2D eigenvalue weighted by atomic mass is 16.6. The van der Waals surface area contributed by atoms with Crippen LogP contribution in [0.2, 0.25) is 0 Å². The third-order valence-electron chi connectivity index (χ3n) is 5.80. The van der Waals surface area contributed by atoms with E-state index in [2.05, 4.69) is 16.8 Å². The van der Waals surface area contributed by atoms with E-state index in [-0.39, 0.29) is 17.7 Å². The largest absolute Gasteiger partial charge is 0.493 e. The zero-order valence-corrected chi connectivity index (χ0v) is 17.5. The van der Waals surface area contributed by atoms with Crippen molar-refractivity contribution in [3.63, 3.8) is 0 Å². The van der Waals surface area contributed by atoms with Gasteiger partial charge in [0, 0.05) is 36.6 Å². The number of methoxy groups -OCH3 is 1. The van der Waals surface area contributed by atoms with E-state index in [0.717, 1.165) is 12.0 Å². The highest BCUT2D eigenvalue weighted by molar-refractivity contribution is 5.60. The van der Waals surface area contributed by atoms with Gasteiger partial charge < -0.3 is 19.1 Å². The second-order valence-corrected chi connectivity index (χ2v) is 7.80. The van der Waals surface area contributed by atoms with E-state index in [0.29, 0.717) is 48.6 Å². The molecule has 0 saturated heterocycles. The summed E-state index contributed by atoms with van der Waals surface area (Å²) in [7, 11) is 1.61. The van der Waals surface area contributed by atoms with Crippen LogP contribution in [-0.4, -0.2) is 46.9 Å². The van der Waals surface area contributed by atoms with Crippen molar-refractivity contribution in [2.45, 2.75) is 32.0 Å². The Morgan fingerprint density at radius 2 is 2.06 bits per heavy atom. The second-order valence-electron chi connectivity index (χ2n) is 7.80. The minimum atomic E-state index is -0.223. The molecule has 0 radical (unpaired) electrons. The molecule has 0 saturated carbocycles. The number of anilines is 1. The van der Waals surface area contributed by atoms with Crippen molar-refractivity contribution in [2.24, 2.45) is 0 Å². The van der Waals surface area contributed by atoms with Crippen LogP contribution in [0.25, 0.3) is 11.3 Å². The first kappa shape index (κ1) is 19.4. The summed E-state index contributed by atoms with van der Waals surface area (Å²) in [6.07, 6.45) is 4.04. The second kappa shape index (κ2) is 7.94. The number of fused-ring (bicyclic) bond motifs is 2. The molecule has 2 atom stereocenters. The quantitative estimate of drug-likeness (QED) is 0.642. The number of aromatic nitrogens is 3. The van der Waals surface area contributed by atoms with Gasteiger partial charge in [-0.05, 0) is 37.6 Å². The SMILES string of the molecule is COc1cccc2c1OC(CN1c3nc(-c4ccncc4)cc(=O)n3CCC1C)CO2. The monoisotopic (exact) mass is 420 g/mol. The van der Waals surface area contributed by atoms with E-state index < -0.39 is 0 Å². The van der Waals surface area contributed by atoms with Gasteiger partial charge in [0.2, 0.25) is 11.7 Å². The number of hydrogen-bond donors (Lipinski definition) is 0. The van der Waals surface area contributed by atoms with Crippen molar-refractivity contribution in [3.8, 4) is 28.5 Å². The molecule has 2 aliphatic heterocycles. The molecule has 0 fully saturated rings. The van der Waals surface area contributed by atoms with Crippen LogP contribution < -0.4 is 24.7 Å². The van der Waals surface area contributed by atoms with Gasteiger partial charge in [-0.15, -0.1) is 0 Å². The maximum atomic E-state index is 12.9. The van der Waals surface area contributed by atoms with E-state index in [4.69, 9.17) is 19.2 Å². The number of ether oxygens (including phenoxy) is 3. The number of benzene rings is 1. The van der Waals surface area contributed by atoms with Crippen LogP contribution in [0.4, 0.5) is 5.95 Å². The van der Waals surface area contributed by atoms with Crippen molar-refractivity contribution < 1.29 is 14.2 Å². The summed E-state index contributed by atoms with van der Waals surface area (Å²) in [5, 5.41) is 0. The van der Waals surface area contributed by atoms with Gasteiger partial charge in [-0.2, -0.15) is 0 Å². The number of hydrogen-bond acceptors (Lipinski definition) is 7. The molecule has 3 aromatic rings. The van der Waals surface area contributed by atoms with Crippen molar-refractivity contribution in [2.75, 3.05) is 25.2 Å². The van der Waals surface area contributed by atoms with Crippen molar-refractivity contribution in [1.29, 1.82) is 0 Å². The Balaban J connectivity index is 1.47. The van der Waals surface area contributed by atoms with E-state index in [9.17, 15) is 4.79 Å². The van der Waals surface area contributed by atoms with Crippen LogP contribution in [-0.2, 0) is 6.54 Å². The predicted octanol–water partition coefficient (Wildman–Crippen LogP) is 2.75. The fourth-order valence-corrected chi connectivity index (χ4v) is 4.10.